The van der Waals surface area contributed by atoms with Gasteiger partial charge in [0.2, 0.25) is 0 Å². The van der Waals surface area contributed by atoms with Gasteiger partial charge in [-0.1, -0.05) is 0 Å². The van der Waals surface area contributed by atoms with Gasteiger partial charge in [-0.3, -0.25) is 0 Å². The zero-order valence-electron chi connectivity index (χ0n) is 13.8. The van der Waals surface area contributed by atoms with Crippen molar-refractivity contribution in [1.29, 1.82) is 0 Å². The van der Waals surface area contributed by atoms with Gasteiger partial charge in [0, 0.05) is 19.5 Å². The number of ether oxygens (including phenoxy) is 2. The maximum absolute atomic E-state index is 11.9. The highest BCUT2D eigenvalue weighted by molar-refractivity contribution is 5.67. The van der Waals surface area contributed by atoms with Crippen LogP contribution in [0.2, 0.25) is 0 Å². The third-order valence-corrected chi connectivity index (χ3v) is 3.78. The standard InChI is InChI=1S/C16H27NO4/c1-16(2,3)21-15(19)17(4)10-12-6-8-13(9-7-12)14(11-18)20-5/h12-13H,6-10H2,1-5H3. The van der Waals surface area contributed by atoms with E-state index in [4.69, 9.17) is 9.47 Å². The van der Waals surface area contributed by atoms with E-state index in [1.165, 1.54) is 7.11 Å². The summed E-state index contributed by atoms with van der Waals surface area (Å²) in [6, 6.07) is 0. The second-order valence-corrected chi connectivity index (χ2v) is 6.75. The highest BCUT2D eigenvalue weighted by Crippen LogP contribution is 2.33. The molecule has 0 radical (unpaired) electrons. The fraction of sp³-hybridized carbons (Fsp3) is 0.812. The second kappa shape index (κ2) is 7.51. The smallest absolute Gasteiger partial charge is 0.410 e. The molecule has 5 heteroatoms. The van der Waals surface area contributed by atoms with Crippen LogP contribution in [-0.4, -0.2) is 43.2 Å². The van der Waals surface area contributed by atoms with E-state index in [-0.39, 0.29) is 12.0 Å². The minimum absolute atomic E-state index is 0.176. The van der Waals surface area contributed by atoms with Crippen molar-refractivity contribution in [2.45, 2.75) is 52.1 Å². The minimum Gasteiger partial charge on any atom is -0.490 e. The Morgan fingerprint density at radius 1 is 1.24 bits per heavy atom. The normalized spacial score (nSPS) is 22.1. The Morgan fingerprint density at radius 2 is 1.81 bits per heavy atom. The molecule has 1 aliphatic rings. The molecule has 0 aromatic rings. The van der Waals surface area contributed by atoms with Gasteiger partial charge in [0.15, 0.2) is 11.7 Å². The summed E-state index contributed by atoms with van der Waals surface area (Å²) in [5.41, 5.74) is -0.467. The number of amides is 1. The molecule has 21 heavy (non-hydrogen) atoms. The first-order chi connectivity index (χ1) is 9.76. The summed E-state index contributed by atoms with van der Waals surface area (Å²) >= 11 is 0. The van der Waals surface area contributed by atoms with Crippen LogP contribution in [0.5, 0.6) is 0 Å². The molecule has 0 atom stereocenters. The third-order valence-electron chi connectivity index (χ3n) is 3.78. The van der Waals surface area contributed by atoms with Gasteiger partial charge in [-0.05, 0) is 52.4 Å². The van der Waals surface area contributed by atoms with Crippen LogP contribution in [0.1, 0.15) is 46.5 Å². The number of hydrogen-bond donors (Lipinski definition) is 0. The zero-order valence-corrected chi connectivity index (χ0v) is 13.8. The van der Waals surface area contributed by atoms with Crippen LogP contribution in [0.15, 0.2) is 5.76 Å². The number of carbonyl (C=O) groups excluding carboxylic acids is 2. The van der Waals surface area contributed by atoms with Crippen LogP contribution in [0, 0.1) is 11.8 Å². The van der Waals surface area contributed by atoms with E-state index in [0.717, 1.165) is 25.7 Å². The monoisotopic (exact) mass is 297 g/mol. The van der Waals surface area contributed by atoms with E-state index in [2.05, 4.69) is 0 Å². The second-order valence-electron chi connectivity index (χ2n) is 6.75. The lowest BCUT2D eigenvalue weighted by atomic mass is 9.81. The van der Waals surface area contributed by atoms with Crippen molar-refractivity contribution >= 4 is 12.0 Å². The van der Waals surface area contributed by atoms with Crippen molar-refractivity contribution in [1.82, 2.24) is 4.90 Å². The first kappa shape index (κ1) is 17.6. The van der Waals surface area contributed by atoms with Crippen LogP contribution in [0.25, 0.3) is 0 Å². The molecule has 0 N–H and O–H groups in total. The predicted octanol–water partition coefficient (Wildman–Crippen LogP) is 3.02. The summed E-state index contributed by atoms with van der Waals surface area (Å²) in [6.07, 6.45) is 3.49. The fourth-order valence-electron chi connectivity index (χ4n) is 2.70. The molecule has 0 aliphatic heterocycles. The number of carbonyl (C=O) groups is 1. The molecule has 120 valence electrons. The lowest BCUT2D eigenvalue weighted by Crippen LogP contribution is -2.37. The maximum atomic E-state index is 11.9. The minimum atomic E-state index is -0.467. The highest BCUT2D eigenvalue weighted by atomic mass is 16.6. The molecule has 0 unspecified atom stereocenters. The van der Waals surface area contributed by atoms with Crippen LogP contribution in [0.4, 0.5) is 4.79 Å². The predicted molar refractivity (Wildman–Crippen MR) is 80.5 cm³/mol. The molecule has 0 spiro atoms. The van der Waals surface area contributed by atoms with Crippen LogP contribution >= 0.6 is 0 Å². The fourth-order valence-corrected chi connectivity index (χ4v) is 2.70. The van der Waals surface area contributed by atoms with Gasteiger partial charge in [0.1, 0.15) is 5.60 Å². The average Bonchev–Trinajstić information content (AvgIpc) is 2.40. The van der Waals surface area contributed by atoms with Gasteiger partial charge in [-0.15, -0.1) is 0 Å². The average molecular weight is 297 g/mol. The SMILES string of the molecule is COC(=C=O)C1CCC(CN(C)C(=O)OC(C)(C)C)CC1. The Hall–Kier alpha value is -1.48. The molecule has 1 amide bonds. The Bertz CT molecular complexity index is 399. The Labute approximate surface area is 127 Å². The Kier molecular flexibility index (Phi) is 6.28. The molecular formula is C16H27NO4. The molecule has 0 saturated heterocycles. The van der Waals surface area contributed by atoms with Gasteiger partial charge in [0.25, 0.3) is 0 Å². The van der Waals surface area contributed by atoms with Gasteiger partial charge >= 0.3 is 6.09 Å². The molecule has 1 fully saturated rings. The van der Waals surface area contributed by atoms with Crippen LogP contribution in [0.3, 0.4) is 0 Å². The van der Waals surface area contributed by atoms with E-state index in [0.29, 0.717) is 18.2 Å². The van der Waals surface area contributed by atoms with Crippen molar-refractivity contribution < 1.29 is 19.1 Å². The van der Waals surface area contributed by atoms with Crippen molar-refractivity contribution in [3.8, 4) is 0 Å². The van der Waals surface area contributed by atoms with Gasteiger partial charge in [-0.25, -0.2) is 9.59 Å². The summed E-state index contributed by atoms with van der Waals surface area (Å²) in [5.74, 6) is 2.93. The number of nitrogens with zero attached hydrogens (tertiary/aromatic N) is 1. The molecule has 5 nitrogen and oxygen atoms in total. The van der Waals surface area contributed by atoms with E-state index < -0.39 is 5.60 Å². The quantitative estimate of drug-likeness (QED) is 0.591. The molecule has 1 aliphatic carbocycles. The lowest BCUT2D eigenvalue weighted by Gasteiger charge is -2.31. The maximum Gasteiger partial charge on any atom is 0.410 e. The van der Waals surface area contributed by atoms with Crippen LogP contribution in [-0.2, 0) is 14.3 Å². The zero-order chi connectivity index (χ0) is 16.0. The molecule has 0 bridgehead atoms. The Morgan fingerprint density at radius 3 is 2.24 bits per heavy atom. The molecule has 0 aromatic heterocycles. The number of rotatable bonds is 4. The van der Waals surface area contributed by atoms with E-state index in [9.17, 15) is 9.59 Å². The summed E-state index contributed by atoms with van der Waals surface area (Å²) in [6.45, 7) is 6.28. The molecule has 0 aromatic carbocycles. The van der Waals surface area contributed by atoms with E-state index >= 15 is 0 Å². The van der Waals surface area contributed by atoms with Crippen LogP contribution < -0.4 is 0 Å². The van der Waals surface area contributed by atoms with E-state index in [1.54, 1.807) is 11.9 Å². The van der Waals surface area contributed by atoms with Gasteiger partial charge in [0.05, 0.1) is 7.11 Å². The van der Waals surface area contributed by atoms with Gasteiger partial charge in [-0.2, -0.15) is 0 Å². The Balaban J connectivity index is 2.42. The summed E-state index contributed by atoms with van der Waals surface area (Å²) in [7, 11) is 3.29. The lowest BCUT2D eigenvalue weighted by molar-refractivity contribution is 0.0256. The molecule has 1 saturated carbocycles. The molecule has 0 heterocycles. The summed E-state index contributed by atoms with van der Waals surface area (Å²) in [5, 5.41) is 0. The number of hydrogen-bond acceptors (Lipinski definition) is 4. The largest absolute Gasteiger partial charge is 0.490 e. The van der Waals surface area contributed by atoms with Crippen molar-refractivity contribution in [3.63, 3.8) is 0 Å². The summed E-state index contributed by atoms with van der Waals surface area (Å²) < 4.78 is 10.4. The number of allylic oxidation sites excluding steroid dienone is 1. The number of methoxy groups -OCH3 is 1. The summed E-state index contributed by atoms with van der Waals surface area (Å²) in [4.78, 5) is 24.3. The van der Waals surface area contributed by atoms with Crippen molar-refractivity contribution in [3.05, 3.63) is 5.76 Å². The van der Waals surface area contributed by atoms with Crippen molar-refractivity contribution in [2.75, 3.05) is 20.7 Å². The molecular weight excluding hydrogens is 270 g/mol. The van der Waals surface area contributed by atoms with Crippen molar-refractivity contribution in [2.24, 2.45) is 11.8 Å². The van der Waals surface area contributed by atoms with Gasteiger partial charge < -0.3 is 14.4 Å². The molecule has 1 rings (SSSR count). The highest BCUT2D eigenvalue weighted by Gasteiger charge is 2.28. The first-order valence-corrected chi connectivity index (χ1v) is 7.50. The van der Waals surface area contributed by atoms with E-state index in [1.807, 2.05) is 26.7 Å². The first-order valence-electron chi connectivity index (χ1n) is 7.50. The third kappa shape index (κ3) is 5.80. The topological polar surface area (TPSA) is 55.8 Å².